The van der Waals surface area contributed by atoms with Crippen LogP contribution >= 0.6 is 23.2 Å². The second-order valence-corrected chi connectivity index (χ2v) is 5.32. The van der Waals surface area contributed by atoms with E-state index in [0.717, 1.165) is 0 Å². The summed E-state index contributed by atoms with van der Waals surface area (Å²) in [7, 11) is 0. The molecule has 0 fully saturated rings. The first kappa shape index (κ1) is 17.4. The Balaban J connectivity index is 2.21. The molecule has 0 aliphatic rings. The minimum atomic E-state index is -4.56. The van der Waals surface area contributed by atoms with Gasteiger partial charge in [-0.2, -0.15) is 23.4 Å². The van der Waals surface area contributed by atoms with E-state index < -0.39 is 11.7 Å². The molecule has 0 bridgehead atoms. The van der Waals surface area contributed by atoms with E-state index in [1.165, 1.54) is 18.2 Å². The lowest BCUT2D eigenvalue weighted by molar-refractivity contribution is -0.137. The first-order valence-corrected chi connectivity index (χ1v) is 6.88. The van der Waals surface area contributed by atoms with Gasteiger partial charge in [0.15, 0.2) is 11.5 Å². The van der Waals surface area contributed by atoms with Crippen molar-refractivity contribution in [2.45, 2.75) is 12.7 Å². The van der Waals surface area contributed by atoms with Gasteiger partial charge in [0.1, 0.15) is 5.69 Å². The molecule has 0 atom stereocenters. The fourth-order valence-corrected chi connectivity index (χ4v) is 2.24. The average Bonchev–Trinajstić information content (AvgIpc) is 2.44. The Kier molecular flexibility index (Phi) is 5.01. The number of rotatable bonds is 3. The van der Waals surface area contributed by atoms with Crippen molar-refractivity contribution in [3.63, 3.8) is 0 Å². The van der Waals surface area contributed by atoms with Crippen LogP contribution in [-0.2, 0) is 12.7 Å². The van der Waals surface area contributed by atoms with Crippen LogP contribution in [0, 0.1) is 0 Å². The van der Waals surface area contributed by atoms with Crippen molar-refractivity contribution < 1.29 is 23.4 Å². The monoisotopic (exact) mass is 364 g/mol. The molecule has 0 radical (unpaired) electrons. The molecule has 0 saturated heterocycles. The quantitative estimate of drug-likeness (QED) is 0.541. The number of phenols is 2. The Morgan fingerprint density at radius 1 is 0.957 bits per heavy atom. The molecule has 2 aromatic carbocycles. The van der Waals surface area contributed by atoms with Gasteiger partial charge in [-0.15, -0.1) is 0 Å². The molecule has 0 aliphatic heterocycles. The van der Waals surface area contributed by atoms with Crippen LogP contribution in [0.15, 0.2) is 40.6 Å². The molecule has 4 nitrogen and oxygen atoms in total. The summed E-state index contributed by atoms with van der Waals surface area (Å²) in [6.45, 7) is 0.0154. The van der Waals surface area contributed by atoms with Gasteiger partial charge in [0.05, 0.1) is 22.2 Å². The second kappa shape index (κ2) is 6.64. The van der Waals surface area contributed by atoms with Gasteiger partial charge >= 0.3 is 6.18 Å². The van der Waals surface area contributed by atoms with Crippen LogP contribution in [0.3, 0.4) is 0 Å². The number of nitrogens with zero attached hydrogens (tertiary/aromatic N) is 2. The van der Waals surface area contributed by atoms with Gasteiger partial charge in [-0.25, -0.2) is 0 Å². The summed E-state index contributed by atoms with van der Waals surface area (Å²) in [5.41, 5.74) is -0.526. The largest absolute Gasteiger partial charge is 0.504 e. The highest BCUT2D eigenvalue weighted by molar-refractivity contribution is 6.38. The highest BCUT2D eigenvalue weighted by atomic mass is 35.5. The number of hydrogen-bond donors (Lipinski definition) is 2. The predicted octanol–water partition coefficient (Wildman–Crippen LogP) is 5.71. The molecule has 2 aromatic rings. The van der Waals surface area contributed by atoms with Crippen molar-refractivity contribution in [3.05, 3.63) is 51.5 Å². The number of azo groups is 1. The van der Waals surface area contributed by atoms with E-state index in [1.54, 1.807) is 0 Å². The first-order chi connectivity index (χ1) is 10.7. The number of alkyl halides is 3. The van der Waals surface area contributed by atoms with Gasteiger partial charge in [0, 0.05) is 0 Å². The van der Waals surface area contributed by atoms with E-state index >= 15 is 0 Å². The van der Waals surface area contributed by atoms with Crippen LogP contribution < -0.4 is 0 Å². The number of phenolic OH excluding ortho intramolecular Hbond substituents is 2. The zero-order valence-electron chi connectivity index (χ0n) is 11.3. The van der Waals surface area contributed by atoms with Gasteiger partial charge in [-0.3, -0.25) is 0 Å². The topological polar surface area (TPSA) is 65.2 Å². The van der Waals surface area contributed by atoms with Crippen molar-refractivity contribution >= 4 is 28.9 Å². The molecule has 0 heterocycles. The van der Waals surface area contributed by atoms with Crippen LogP contribution in [0.2, 0.25) is 10.0 Å². The van der Waals surface area contributed by atoms with E-state index in [-0.39, 0.29) is 33.8 Å². The lowest BCUT2D eigenvalue weighted by atomic mass is 10.2. The lowest BCUT2D eigenvalue weighted by Gasteiger charge is -2.09. The fraction of sp³-hybridized carbons (Fsp3) is 0.143. The smallest absolute Gasteiger partial charge is 0.416 e. The predicted molar refractivity (Wildman–Crippen MR) is 79.5 cm³/mol. The SMILES string of the molecule is Oc1ccc(CN=Nc2c(Cl)cc(C(F)(F)F)cc2Cl)cc1O. The minimum Gasteiger partial charge on any atom is -0.504 e. The number of halogens is 5. The number of hydrogen-bond acceptors (Lipinski definition) is 4. The van der Waals surface area contributed by atoms with E-state index in [0.29, 0.717) is 17.7 Å². The summed E-state index contributed by atoms with van der Waals surface area (Å²) in [5, 5.41) is 25.5. The molecule has 0 saturated carbocycles. The average molecular weight is 365 g/mol. The highest BCUT2D eigenvalue weighted by Gasteiger charge is 2.32. The molecule has 0 aliphatic carbocycles. The van der Waals surface area contributed by atoms with Crippen LogP contribution in [-0.4, -0.2) is 10.2 Å². The molecular weight excluding hydrogens is 356 g/mol. The van der Waals surface area contributed by atoms with Gasteiger partial charge in [0.25, 0.3) is 0 Å². The van der Waals surface area contributed by atoms with E-state index in [1.807, 2.05) is 0 Å². The van der Waals surface area contributed by atoms with Gasteiger partial charge in [-0.1, -0.05) is 29.3 Å². The maximum atomic E-state index is 12.6. The van der Waals surface area contributed by atoms with Crippen LogP contribution in [0.5, 0.6) is 11.5 Å². The maximum absolute atomic E-state index is 12.6. The van der Waals surface area contributed by atoms with E-state index in [2.05, 4.69) is 10.2 Å². The second-order valence-electron chi connectivity index (χ2n) is 4.51. The standard InChI is InChI=1S/C14H9Cl2F3N2O2/c15-9-4-8(14(17,18)19)5-10(16)13(9)21-20-6-7-1-2-11(22)12(23)3-7/h1-5,22-23H,6H2. The summed E-state index contributed by atoms with van der Waals surface area (Å²) in [4.78, 5) is 0. The summed E-state index contributed by atoms with van der Waals surface area (Å²) in [6, 6.07) is 5.50. The maximum Gasteiger partial charge on any atom is 0.416 e. The minimum absolute atomic E-state index is 0.0154. The highest BCUT2D eigenvalue weighted by Crippen LogP contribution is 2.40. The zero-order valence-corrected chi connectivity index (χ0v) is 12.8. The summed E-state index contributed by atoms with van der Waals surface area (Å²) >= 11 is 11.5. The number of aromatic hydroxyl groups is 2. The molecule has 0 aromatic heterocycles. The van der Waals surface area contributed by atoms with Crippen molar-refractivity contribution in [1.29, 1.82) is 0 Å². The molecule has 9 heteroatoms. The van der Waals surface area contributed by atoms with Crippen molar-refractivity contribution in [2.75, 3.05) is 0 Å². The van der Waals surface area contributed by atoms with Gasteiger partial charge in [-0.05, 0) is 29.8 Å². The third-order valence-corrected chi connectivity index (χ3v) is 3.38. The fourth-order valence-electron chi connectivity index (χ4n) is 1.68. The number of benzene rings is 2. The van der Waals surface area contributed by atoms with Crippen LogP contribution in [0.1, 0.15) is 11.1 Å². The van der Waals surface area contributed by atoms with Gasteiger partial charge < -0.3 is 10.2 Å². The Morgan fingerprint density at radius 3 is 2.09 bits per heavy atom. The van der Waals surface area contributed by atoms with Gasteiger partial charge in [0.2, 0.25) is 0 Å². The Bertz CT molecular complexity index is 741. The Labute approximate surface area is 138 Å². The summed E-state index contributed by atoms with van der Waals surface area (Å²) in [5.74, 6) is -0.595. The third-order valence-electron chi connectivity index (χ3n) is 2.81. The van der Waals surface area contributed by atoms with Crippen molar-refractivity contribution in [3.8, 4) is 11.5 Å². The van der Waals surface area contributed by atoms with E-state index in [9.17, 15) is 23.4 Å². The Morgan fingerprint density at radius 2 is 1.57 bits per heavy atom. The normalized spacial score (nSPS) is 12.0. The zero-order chi connectivity index (χ0) is 17.2. The molecular formula is C14H9Cl2F3N2O2. The van der Waals surface area contributed by atoms with Crippen molar-refractivity contribution in [1.82, 2.24) is 0 Å². The Hall–Kier alpha value is -1.99. The molecule has 0 spiro atoms. The molecule has 0 amide bonds. The molecule has 0 unspecified atom stereocenters. The first-order valence-electron chi connectivity index (χ1n) is 6.13. The molecule has 2 rings (SSSR count). The van der Waals surface area contributed by atoms with Crippen LogP contribution in [0.4, 0.5) is 18.9 Å². The lowest BCUT2D eigenvalue weighted by Crippen LogP contribution is -2.04. The van der Waals surface area contributed by atoms with E-state index in [4.69, 9.17) is 23.2 Å². The molecule has 2 N–H and O–H groups in total. The third kappa shape index (κ3) is 4.27. The summed E-state index contributed by atoms with van der Waals surface area (Å²) in [6.07, 6.45) is -4.56. The van der Waals surface area contributed by atoms with Crippen LogP contribution in [0.25, 0.3) is 0 Å². The molecule has 23 heavy (non-hydrogen) atoms. The summed E-state index contributed by atoms with van der Waals surface area (Å²) < 4.78 is 37.8. The molecule has 122 valence electrons. The van der Waals surface area contributed by atoms with Crippen molar-refractivity contribution in [2.24, 2.45) is 10.2 Å².